The first kappa shape index (κ1) is 24.8. The average Bonchev–Trinajstić information content (AvgIpc) is 2.84. The fraction of sp³-hybridized carbons (Fsp3) is 0.321. The predicted octanol–water partition coefficient (Wildman–Crippen LogP) is 7.86. The zero-order chi connectivity index (χ0) is 23.5. The summed E-state index contributed by atoms with van der Waals surface area (Å²) in [6, 6.07) is 22.4. The fourth-order valence-corrected chi connectivity index (χ4v) is 3.56. The second-order valence-corrected chi connectivity index (χ2v) is 8.88. The van der Waals surface area contributed by atoms with Crippen molar-refractivity contribution in [1.29, 1.82) is 0 Å². The Labute approximate surface area is 205 Å². The summed E-state index contributed by atoms with van der Waals surface area (Å²) in [5, 5.41) is 3.44. The number of unbranched alkanes of at least 4 members (excludes halogenated alkanes) is 2. The van der Waals surface area contributed by atoms with Gasteiger partial charge in [0.25, 0.3) is 0 Å². The molecule has 0 radical (unpaired) electrons. The number of rotatable bonds is 12. The minimum atomic E-state index is -0.329. The molecule has 0 spiro atoms. The maximum Gasteiger partial charge on any atom is 0.341 e. The summed E-state index contributed by atoms with van der Waals surface area (Å²) in [6.07, 6.45) is 3.81. The molecule has 0 heterocycles. The summed E-state index contributed by atoms with van der Waals surface area (Å²) in [4.78, 5) is 12.5. The van der Waals surface area contributed by atoms with E-state index in [1.807, 2.05) is 24.3 Å². The second kappa shape index (κ2) is 13.0. The van der Waals surface area contributed by atoms with Crippen molar-refractivity contribution < 1.29 is 14.3 Å². The molecule has 0 bridgehead atoms. The molecule has 0 fully saturated rings. The molecule has 33 heavy (non-hydrogen) atoms. The van der Waals surface area contributed by atoms with Crippen molar-refractivity contribution in [3.63, 3.8) is 0 Å². The fourth-order valence-electron chi connectivity index (χ4n) is 3.30. The van der Waals surface area contributed by atoms with Crippen LogP contribution < -0.4 is 10.1 Å². The number of halogens is 1. The Morgan fingerprint density at radius 3 is 2.15 bits per heavy atom. The molecule has 3 rings (SSSR count). The lowest BCUT2D eigenvalue weighted by molar-refractivity contribution is 0.0495. The van der Waals surface area contributed by atoms with E-state index in [1.165, 1.54) is 16.7 Å². The van der Waals surface area contributed by atoms with Gasteiger partial charge in [0.15, 0.2) is 0 Å². The molecule has 4 nitrogen and oxygen atoms in total. The molecule has 3 aromatic rings. The highest BCUT2D eigenvalue weighted by atomic mass is 79.9. The van der Waals surface area contributed by atoms with Crippen LogP contribution in [0.1, 0.15) is 55.5 Å². The maximum absolute atomic E-state index is 12.5. The maximum atomic E-state index is 12.5. The molecule has 0 saturated carbocycles. The number of benzene rings is 3. The second-order valence-electron chi connectivity index (χ2n) is 7.96. The van der Waals surface area contributed by atoms with E-state index in [1.54, 1.807) is 6.07 Å². The molecule has 1 N–H and O–H groups in total. The molecule has 0 amide bonds. The van der Waals surface area contributed by atoms with Crippen LogP contribution >= 0.6 is 15.9 Å². The van der Waals surface area contributed by atoms with Gasteiger partial charge in [0.2, 0.25) is 0 Å². The Balaban J connectivity index is 1.66. The van der Waals surface area contributed by atoms with E-state index in [9.17, 15) is 4.79 Å². The van der Waals surface area contributed by atoms with Crippen LogP contribution in [0.15, 0.2) is 71.2 Å². The Morgan fingerprint density at radius 1 is 0.848 bits per heavy atom. The topological polar surface area (TPSA) is 47.6 Å². The highest BCUT2D eigenvalue weighted by molar-refractivity contribution is 9.10. The van der Waals surface area contributed by atoms with E-state index in [0.29, 0.717) is 31.1 Å². The molecule has 0 aromatic heterocycles. The lowest BCUT2D eigenvalue weighted by Gasteiger charge is -2.14. The van der Waals surface area contributed by atoms with Crippen LogP contribution in [0.4, 0.5) is 5.69 Å². The Hall–Kier alpha value is -2.79. The number of hydrogen-bond donors (Lipinski definition) is 1. The van der Waals surface area contributed by atoms with Crippen molar-refractivity contribution in [2.24, 2.45) is 0 Å². The first-order valence-electron chi connectivity index (χ1n) is 11.6. The van der Waals surface area contributed by atoms with E-state index >= 15 is 0 Å². The summed E-state index contributed by atoms with van der Waals surface area (Å²) >= 11 is 3.48. The lowest BCUT2D eigenvalue weighted by Crippen LogP contribution is -2.10. The third-order valence-corrected chi connectivity index (χ3v) is 5.84. The number of nitrogens with one attached hydrogen (secondary N) is 1. The zero-order valence-electron chi connectivity index (χ0n) is 19.4. The van der Waals surface area contributed by atoms with E-state index in [2.05, 4.69) is 71.5 Å². The predicted molar refractivity (Wildman–Crippen MR) is 139 cm³/mol. The highest BCUT2D eigenvalue weighted by Crippen LogP contribution is 2.26. The smallest absolute Gasteiger partial charge is 0.341 e. The van der Waals surface area contributed by atoms with Gasteiger partial charge in [0.05, 0.1) is 13.2 Å². The SMILES string of the molecule is CCCCOC(=O)c1ccc(NCc2ccc(-c3ccc(Br)cc3)cc2)cc1OCCCC. The molecule has 3 aromatic carbocycles. The minimum Gasteiger partial charge on any atom is -0.493 e. The van der Waals surface area contributed by atoms with Crippen molar-refractivity contribution in [2.45, 2.75) is 46.1 Å². The van der Waals surface area contributed by atoms with Gasteiger partial charge in [0.1, 0.15) is 11.3 Å². The van der Waals surface area contributed by atoms with Crippen molar-refractivity contribution in [1.82, 2.24) is 0 Å². The molecule has 0 aliphatic heterocycles. The summed E-state index contributed by atoms with van der Waals surface area (Å²) in [6.45, 7) is 5.87. The molecule has 0 aliphatic carbocycles. The van der Waals surface area contributed by atoms with Crippen LogP contribution in [-0.4, -0.2) is 19.2 Å². The van der Waals surface area contributed by atoms with Crippen LogP contribution in [0, 0.1) is 0 Å². The zero-order valence-corrected chi connectivity index (χ0v) is 21.0. The van der Waals surface area contributed by atoms with Crippen molar-refractivity contribution >= 4 is 27.6 Å². The van der Waals surface area contributed by atoms with Crippen LogP contribution in [-0.2, 0) is 11.3 Å². The van der Waals surface area contributed by atoms with E-state index in [0.717, 1.165) is 35.8 Å². The quantitative estimate of drug-likeness (QED) is 0.199. The molecule has 174 valence electrons. The average molecular weight is 510 g/mol. The van der Waals surface area contributed by atoms with Crippen LogP contribution in [0.2, 0.25) is 0 Å². The van der Waals surface area contributed by atoms with Gasteiger partial charge in [-0.1, -0.05) is 79.0 Å². The summed E-state index contributed by atoms with van der Waals surface area (Å²) < 4.78 is 12.4. The summed E-state index contributed by atoms with van der Waals surface area (Å²) in [7, 11) is 0. The van der Waals surface area contributed by atoms with Gasteiger partial charge in [-0.05, 0) is 53.8 Å². The van der Waals surface area contributed by atoms with Gasteiger partial charge >= 0.3 is 5.97 Å². The lowest BCUT2D eigenvalue weighted by atomic mass is 10.0. The van der Waals surface area contributed by atoms with E-state index < -0.39 is 0 Å². The van der Waals surface area contributed by atoms with Gasteiger partial charge in [-0.2, -0.15) is 0 Å². The Bertz CT molecular complexity index is 1020. The minimum absolute atomic E-state index is 0.329. The third-order valence-electron chi connectivity index (χ3n) is 5.32. The van der Waals surface area contributed by atoms with Crippen molar-refractivity contribution in [3.05, 3.63) is 82.3 Å². The number of anilines is 1. The van der Waals surface area contributed by atoms with Gasteiger partial charge in [-0.3, -0.25) is 0 Å². The Kier molecular flexibility index (Phi) is 9.82. The molecule has 0 saturated heterocycles. The van der Waals surface area contributed by atoms with Gasteiger partial charge in [-0.25, -0.2) is 4.79 Å². The standard InChI is InChI=1S/C28H32BrNO3/c1-3-5-17-32-27-19-25(15-16-26(27)28(31)33-18-6-4-2)30-20-21-7-9-22(10-8-21)23-11-13-24(29)14-12-23/h7-16,19,30H,3-6,17-18,20H2,1-2H3. The number of esters is 1. The molecule has 0 unspecified atom stereocenters. The van der Waals surface area contributed by atoms with Crippen LogP contribution in [0.5, 0.6) is 5.75 Å². The number of hydrogen-bond acceptors (Lipinski definition) is 4. The van der Waals surface area contributed by atoms with Gasteiger partial charge in [-0.15, -0.1) is 0 Å². The van der Waals surface area contributed by atoms with Crippen LogP contribution in [0.3, 0.4) is 0 Å². The van der Waals surface area contributed by atoms with Crippen molar-refractivity contribution in [2.75, 3.05) is 18.5 Å². The van der Waals surface area contributed by atoms with E-state index in [4.69, 9.17) is 9.47 Å². The van der Waals surface area contributed by atoms with E-state index in [-0.39, 0.29) is 5.97 Å². The molecule has 0 aliphatic rings. The third kappa shape index (κ3) is 7.64. The molecule has 5 heteroatoms. The summed E-state index contributed by atoms with van der Waals surface area (Å²) in [5.41, 5.74) is 4.93. The first-order chi connectivity index (χ1) is 16.1. The Morgan fingerprint density at radius 2 is 1.48 bits per heavy atom. The van der Waals surface area contributed by atoms with Gasteiger partial charge < -0.3 is 14.8 Å². The monoisotopic (exact) mass is 509 g/mol. The normalized spacial score (nSPS) is 10.6. The van der Waals surface area contributed by atoms with Crippen LogP contribution in [0.25, 0.3) is 11.1 Å². The van der Waals surface area contributed by atoms with Crippen molar-refractivity contribution in [3.8, 4) is 16.9 Å². The molecular weight excluding hydrogens is 478 g/mol. The number of carbonyl (C=O) groups excluding carboxylic acids is 1. The molecule has 0 atom stereocenters. The highest BCUT2D eigenvalue weighted by Gasteiger charge is 2.15. The molecular formula is C28H32BrNO3. The van der Waals surface area contributed by atoms with Gasteiger partial charge in [0, 0.05) is 22.8 Å². The number of carbonyl (C=O) groups is 1. The largest absolute Gasteiger partial charge is 0.493 e. The first-order valence-corrected chi connectivity index (χ1v) is 12.4. The summed E-state index contributed by atoms with van der Waals surface area (Å²) in [5.74, 6) is 0.241. The number of ether oxygens (including phenoxy) is 2.